The summed E-state index contributed by atoms with van der Waals surface area (Å²) in [6.07, 6.45) is 5.72. The van der Waals surface area contributed by atoms with Crippen molar-refractivity contribution in [1.29, 1.82) is 0 Å². The SMILES string of the molecule is Cl.O=C1C=C2CNCCC2S1.[C-]#[N+]c1ccccc1CBr.[C-]#[N+]c1ccccc1CN1CCC2SC(=O)C=C2C1. The fourth-order valence-electron chi connectivity index (χ4n) is 4.75. The third-order valence-corrected chi connectivity index (χ3v) is 9.69. The number of halogens is 2. The topological polar surface area (TPSA) is 58.1 Å². The highest BCUT2D eigenvalue weighted by molar-refractivity contribution is 9.08. The molecule has 2 unspecified atom stereocenters. The molecule has 6 nitrogen and oxygen atoms in total. The summed E-state index contributed by atoms with van der Waals surface area (Å²) in [4.78, 5) is 31.5. The van der Waals surface area contributed by atoms with E-state index in [-0.39, 0.29) is 22.6 Å². The monoisotopic (exact) mass is 656 g/mol. The average molecular weight is 658 g/mol. The van der Waals surface area contributed by atoms with Crippen LogP contribution in [0.25, 0.3) is 9.69 Å². The van der Waals surface area contributed by atoms with Crippen molar-refractivity contribution in [3.8, 4) is 0 Å². The fraction of sp³-hybridized carbons (Fsp3) is 0.333. The largest absolute Gasteiger partial charge is 0.313 e. The summed E-state index contributed by atoms with van der Waals surface area (Å²) in [5, 5.41) is 5.35. The van der Waals surface area contributed by atoms with Crippen molar-refractivity contribution in [2.75, 3.05) is 26.2 Å². The van der Waals surface area contributed by atoms with Gasteiger partial charge in [-0.2, -0.15) is 0 Å². The number of benzene rings is 2. The van der Waals surface area contributed by atoms with Crippen LogP contribution in [0, 0.1) is 13.1 Å². The summed E-state index contributed by atoms with van der Waals surface area (Å²) in [6, 6.07) is 15.3. The third-order valence-electron chi connectivity index (χ3n) is 6.74. The molecule has 2 atom stereocenters. The second kappa shape index (κ2) is 16.2. The summed E-state index contributed by atoms with van der Waals surface area (Å²) < 4.78 is 0. The first-order valence-electron chi connectivity index (χ1n) is 12.7. The molecule has 2 aromatic rings. The van der Waals surface area contributed by atoms with Crippen LogP contribution in [-0.2, 0) is 21.5 Å². The van der Waals surface area contributed by atoms with Crippen molar-refractivity contribution in [1.82, 2.24) is 10.2 Å². The van der Waals surface area contributed by atoms with Gasteiger partial charge in [0.05, 0.1) is 13.1 Å². The Hall–Kier alpha value is -2.37. The lowest BCUT2D eigenvalue weighted by Crippen LogP contribution is -2.35. The Bertz CT molecular complexity index is 1370. The van der Waals surface area contributed by atoms with E-state index in [9.17, 15) is 9.59 Å². The van der Waals surface area contributed by atoms with E-state index in [0.717, 1.165) is 73.4 Å². The minimum absolute atomic E-state index is 0. The molecule has 40 heavy (non-hydrogen) atoms. The van der Waals surface area contributed by atoms with Gasteiger partial charge in [-0.05, 0) is 53.8 Å². The standard InChI is InChI=1S/C15H14N2OS.C8H6BrN.C7H9NOS.ClH/c1-16-13-5-3-2-4-11(13)9-17-7-6-14-12(10-17)8-15(18)19-14;1-10-8-5-3-2-4-7(8)6-9;9-7-3-5-4-8-2-1-6(5)10-7;/h2-5,8,14H,6-7,9-10H2;2-5H,6H2;3,6,8H,1-2,4H2;1H. The molecule has 2 aromatic carbocycles. The lowest BCUT2D eigenvalue weighted by molar-refractivity contribution is -0.107. The van der Waals surface area contributed by atoms with Gasteiger partial charge in [0, 0.05) is 42.0 Å². The van der Waals surface area contributed by atoms with Crippen LogP contribution in [0.2, 0.25) is 0 Å². The van der Waals surface area contributed by atoms with Gasteiger partial charge in [0.15, 0.2) is 11.4 Å². The van der Waals surface area contributed by atoms with Gasteiger partial charge in [-0.1, -0.05) is 88.0 Å². The normalized spacial score (nSPS) is 21.0. The molecular weight excluding hydrogens is 628 g/mol. The fourth-order valence-corrected chi connectivity index (χ4v) is 7.28. The first-order chi connectivity index (χ1) is 19.0. The van der Waals surface area contributed by atoms with Crippen LogP contribution in [0.5, 0.6) is 0 Å². The van der Waals surface area contributed by atoms with Gasteiger partial charge in [0.25, 0.3) is 0 Å². The van der Waals surface area contributed by atoms with Crippen LogP contribution < -0.4 is 5.32 Å². The number of nitrogens with one attached hydrogen (secondary N) is 1. The van der Waals surface area contributed by atoms with E-state index >= 15 is 0 Å². The van der Waals surface area contributed by atoms with Gasteiger partial charge in [0.1, 0.15) is 0 Å². The molecule has 0 bridgehead atoms. The van der Waals surface area contributed by atoms with Crippen LogP contribution in [-0.4, -0.2) is 51.8 Å². The maximum atomic E-state index is 11.4. The lowest BCUT2D eigenvalue weighted by atomic mass is 10.0. The first-order valence-corrected chi connectivity index (χ1v) is 15.6. The molecule has 10 heteroatoms. The van der Waals surface area contributed by atoms with E-state index in [1.54, 1.807) is 12.2 Å². The van der Waals surface area contributed by atoms with E-state index < -0.39 is 0 Å². The van der Waals surface area contributed by atoms with E-state index in [1.165, 1.54) is 34.7 Å². The van der Waals surface area contributed by atoms with Crippen LogP contribution in [0.1, 0.15) is 24.0 Å². The molecule has 0 radical (unpaired) electrons. The smallest absolute Gasteiger partial charge is 0.212 e. The van der Waals surface area contributed by atoms with Crippen LogP contribution in [0.15, 0.2) is 71.8 Å². The third kappa shape index (κ3) is 8.81. The van der Waals surface area contributed by atoms with Crippen molar-refractivity contribution < 1.29 is 9.59 Å². The van der Waals surface area contributed by atoms with E-state index in [2.05, 4.69) is 35.8 Å². The van der Waals surface area contributed by atoms with E-state index in [1.807, 2.05) is 48.5 Å². The number of fused-ring (bicyclic) bond motifs is 2. The van der Waals surface area contributed by atoms with Gasteiger partial charge in [0.2, 0.25) is 10.2 Å². The van der Waals surface area contributed by atoms with E-state index in [4.69, 9.17) is 13.1 Å². The number of carbonyl (C=O) groups is 2. The predicted molar refractivity (Wildman–Crippen MR) is 172 cm³/mol. The lowest BCUT2D eigenvalue weighted by Gasteiger charge is -2.31. The maximum absolute atomic E-state index is 11.4. The van der Waals surface area contributed by atoms with Crippen molar-refractivity contribution >= 4 is 73.5 Å². The van der Waals surface area contributed by atoms with Gasteiger partial charge < -0.3 is 5.32 Å². The van der Waals surface area contributed by atoms with Gasteiger partial charge in [-0.25, -0.2) is 9.69 Å². The molecule has 4 aliphatic rings. The minimum Gasteiger partial charge on any atom is -0.313 e. The first kappa shape index (κ1) is 32.1. The molecule has 0 aromatic heterocycles. The Morgan fingerprint density at radius 3 is 2.05 bits per heavy atom. The van der Waals surface area contributed by atoms with Crippen molar-refractivity contribution in [2.24, 2.45) is 0 Å². The molecule has 0 saturated carbocycles. The second-order valence-corrected chi connectivity index (χ2v) is 12.3. The second-order valence-electron chi connectivity index (χ2n) is 9.37. The van der Waals surface area contributed by atoms with Gasteiger partial charge in [-0.3, -0.25) is 14.5 Å². The zero-order valence-electron chi connectivity index (χ0n) is 21.8. The Kier molecular flexibility index (Phi) is 13.0. The number of hydrogen-bond donors (Lipinski definition) is 1. The number of nitrogens with zero attached hydrogens (tertiary/aromatic N) is 3. The Morgan fingerprint density at radius 1 is 0.875 bits per heavy atom. The molecule has 2 fully saturated rings. The molecule has 6 rings (SSSR count). The van der Waals surface area contributed by atoms with Gasteiger partial charge in [-0.15, -0.1) is 12.4 Å². The maximum Gasteiger partial charge on any atom is 0.212 e. The van der Waals surface area contributed by atoms with Gasteiger partial charge >= 0.3 is 0 Å². The molecule has 2 saturated heterocycles. The van der Waals surface area contributed by atoms with E-state index in [0.29, 0.717) is 10.5 Å². The highest BCUT2D eigenvalue weighted by atomic mass is 79.9. The van der Waals surface area contributed by atoms with Crippen molar-refractivity contribution in [3.05, 3.63) is 106 Å². The molecule has 4 aliphatic heterocycles. The van der Waals surface area contributed by atoms with Crippen LogP contribution in [0.4, 0.5) is 11.4 Å². The number of alkyl halides is 1. The predicted octanol–water partition coefficient (Wildman–Crippen LogP) is 7.11. The molecule has 0 spiro atoms. The summed E-state index contributed by atoms with van der Waals surface area (Å²) in [7, 11) is 0. The molecule has 4 heterocycles. The number of thioether (sulfide) groups is 2. The Balaban J connectivity index is 0.000000178. The zero-order chi connectivity index (χ0) is 27.6. The van der Waals surface area contributed by atoms with Crippen molar-refractivity contribution in [3.63, 3.8) is 0 Å². The number of para-hydroxylation sites is 2. The highest BCUT2D eigenvalue weighted by Gasteiger charge is 2.31. The summed E-state index contributed by atoms with van der Waals surface area (Å²) >= 11 is 6.24. The number of rotatable bonds is 3. The van der Waals surface area contributed by atoms with Crippen molar-refractivity contribution in [2.45, 2.75) is 35.2 Å². The molecular formula is C30H30BrClN4O2S2. The number of hydrogen-bond acceptors (Lipinski definition) is 6. The Morgan fingerprint density at radius 2 is 1.45 bits per heavy atom. The minimum atomic E-state index is 0. The summed E-state index contributed by atoms with van der Waals surface area (Å²) in [5.74, 6) is 0. The van der Waals surface area contributed by atoms with Crippen LogP contribution >= 0.6 is 51.9 Å². The molecule has 208 valence electrons. The number of likely N-dealkylation sites (tertiary alicyclic amines) is 1. The zero-order valence-corrected chi connectivity index (χ0v) is 25.9. The highest BCUT2D eigenvalue weighted by Crippen LogP contribution is 2.35. The summed E-state index contributed by atoms with van der Waals surface area (Å²) in [6.45, 7) is 18.6. The average Bonchev–Trinajstić information content (AvgIpc) is 3.54. The number of carbonyl (C=O) groups excluding carboxylic acids is 2. The molecule has 1 N–H and O–H groups in total. The number of piperidine rings is 2. The van der Waals surface area contributed by atoms with Crippen LogP contribution in [0.3, 0.4) is 0 Å². The summed E-state index contributed by atoms with van der Waals surface area (Å²) in [5.41, 5.74) is 6.14. The quantitative estimate of drug-likeness (QED) is 0.281. The molecule has 0 aliphatic carbocycles. The Labute approximate surface area is 259 Å². The molecule has 0 amide bonds.